The normalized spacial score (nSPS) is 16.3. The summed E-state index contributed by atoms with van der Waals surface area (Å²) in [6.45, 7) is 9.27. The van der Waals surface area contributed by atoms with Crippen LogP contribution < -0.4 is 14.3 Å². The fraction of sp³-hybridized carbons (Fsp3) is 0.440. The van der Waals surface area contributed by atoms with Gasteiger partial charge in [-0.05, 0) is 75.4 Å². The molecule has 1 saturated heterocycles. The Morgan fingerprint density at radius 3 is 2.33 bits per heavy atom. The van der Waals surface area contributed by atoms with Crippen molar-refractivity contribution in [2.45, 2.75) is 52.7 Å². The van der Waals surface area contributed by atoms with E-state index in [9.17, 15) is 18.0 Å². The summed E-state index contributed by atoms with van der Waals surface area (Å²) in [5.74, 6) is 0.738. The van der Waals surface area contributed by atoms with Crippen molar-refractivity contribution in [3.05, 3.63) is 64.7 Å². The number of carbonyl (C=O) groups excluding carboxylic acids is 2. The Labute approximate surface area is 212 Å². The van der Waals surface area contributed by atoms with Gasteiger partial charge in [0.2, 0.25) is 0 Å². The second-order valence-electron chi connectivity index (χ2n) is 9.74. The van der Waals surface area contributed by atoms with Crippen LogP contribution in [0, 0.1) is 13.8 Å². The fourth-order valence-electron chi connectivity index (χ4n) is 3.84. The van der Waals surface area contributed by atoms with Gasteiger partial charge in [0.1, 0.15) is 11.4 Å². The topological polar surface area (TPSA) is 117 Å². The van der Waals surface area contributed by atoms with Gasteiger partial charge in [0.05, 0.1) is 19.7 Å². The van der Waals surface area contributed by atoms with Crippen molar-refractivity contribution in [3.8, 4) is 5.75 Å². The lowest BCUT2D eigenvalue weighted by atomic mass is 10.0. The molecule has 0 bridgehead atoms. The molecule has 3 rings (SSSR count). The molecule has 2 aromatic carbocycles. The minimum atomic E-state index is -4.40. The van der Waals surface area contributed by atoms with Crippen molar-refractivity contribution in [1.29, 1.82) is 0 Å². The largest absolute Gasteiger partial charge is 0.497 e. The highest BCUT2D eigenvalue weighted by molar-refractivity contribution is 7.88. The maximum absolute atomic E-state index is 13.3. The Hall–Kier alpha value is -3.31. The van der Waals surface area contributed by atoms with Crippen molar-refractivity contribution in [3.63, 3.8) is 0 Å². The van der Waals surface area contributed by atoms with Gasteiger partial charge < -0.3 is 14.4 Å². The van der Waals surface area contributed by atoms with Crippen LogP contribution in [0.2, 0.25) is 0 Å². The van der Waals surface area contributed by atoms with Crippen LogP contribution in [0.5, 0.6) is 5.75 Å². The van der Waals surface area contributed by atoms with Crippen molar-refractivity contribution in [2.24, 2.45) is 0 Å². The van der Waals surface area contributed by atoms with Gasteiger partial charge in [-0.2, -0.15) is 8.42 Å². The van der Waals surface area contributed by atoms with Crippen LogP contribution in [0.15, 0.2) is 42.5 Å². The molecule has 196 valence electrons. The van der Waals surface area contributed by atoms with Crippen LogP contribution in [-0.4, -0.2) is 56.3 Å². The maximum atomic E-state index is 13.3. The zero-order chi connectivity index (χ0) is 26.7. The molecule has 1 fully saturated rings. The standard InChI is InChI=1S/C25H34N4O6S/c1-17-7-10-20(15-18(17)2)22-16-29(27-36(32,33)26-23(30)35-25(3,4)5)24(31)28(22)14-13-19-8-11-21(34-6)12-9-19/h7-12,15,22,27H,13-14,16H2,1-6H3,(H,26,30). The Bertz CT molecular complexity index is 1210. The summed E-state index contributed by atoms with van der Waals surface area (Å²) in [5, 5.41) is 1.00. The van der Waals surface area contributed by atoms with E-state index in [4.69, 9.17) is 9.47 Å². The van der Waals surface area contributed by atoms with Gasteiger partial charge in [0.25, 0.3) is 0 Å². The number of carbonyl (C=O) groups is 2. The third-order valence-corrected chi connectivity index (χ3v) is 6.67. The quantitative estimate of drug-likeness (QED) is 0.551. The first-order valence-electron chi connectivity index (χ1n) is 11.6. The van der Waals surface area contributed by atoms with E-state index >= 15 is 0 Å². The zero-order valence-corrected chi connectivity index (χ0v) is 22.3. The highest BCUT2D eigenvalue weighted by atomic mass is 32.2. The number of hydrogen-bond donors (Lipinski definition) is 2. The lowest BCUT2D eigenvalue weighted by Crippen LogP contribution is -2.51. The summed E-state index contributed by atoms with van der Waals surface area (Å²) in [5.41, 5.74) is 3.21. The molecule has 36 heavy (non-hydrogen) atoms. The Morgan fingerprint density at radius 1 is 1.08 bits per heavy atom. The molecule has 1 aliphatic heterocycles. The number of methoxy groups -OCH3 is 1. The number of hydrogen-bond acceptors (Lipinski definition) is 6. The molecular weight excluding hydrogens is 484 g/mol. The van der Waals surface area contributed by atoms with Crippen molar-refractivity contribution >= 4 is 22.3 Å². The number of nitrogens with zero attached hydrogens (tertiary/aromatic N) is 2. The number of urea groups is 1. The number of hydrazine groups is 1. The molecule has 0 aromatic heterocycles. The molecule has 3 amide bonds. The number of benzene rings is 2. The van der Waals surface area contributed by atoms with E-state index in [0.717, 1.165) is 33.0 Å². The first-order valence-corrected chi connectivity index (χ1v) is 13.1. The number of nitrogens with one attached hydrogen (secondary N) is 2. The smallest absolute Gasteiger partial charge is 0.422 e. The minimum Gasteiger partial charge on any atom is -0.497 e. The minimum absolute atomic E-state index is 0.0686. The lowest BCUT2D eigenvalue weighted by Gasteiger charge is -2.24. The van der Waals surface area contributed by atoms with E-state index in [1.165, 1.54) is 0 Å². The van der Waals surface area contributed by atoms with Gasteiger partial charge in [-0.3, -0.25) is 0 Å². The van der Waals surface area contributed by atoms with Crippen LogP contribution in [0.3, 0.4) is 0 Å². The zero-order valence-electron chi connectivity index (χ0n) is 21.5. The summed E-state index contributed by atoms with van der Waals surface area (Å²) >= 11 is 0. The Balaban J connectivity index is 1.80. The predicted octanol–water partition coefficient (Wildman–Crippen LogP) is 3.61. The maximum Gasteiger partial charge on any atom is 0.422 e. The molecule has 0 spiro atoms. The number of ether oxygens (including phenoxy) is 2. The molecular formula is C25H34N4O6S. The highest BCUT2D eigenvalue weighted by Crippen LogP contribution is 2.30. The molecule has 0 aliphatic carbocycles. The molecule has 0 saturated carbocycles. The van der Waals surface area contributed by atoms with Gasteiger partial charge in [0.15, 0.2) is 0 Å². The SMILES string of the molecule is COc1ccc(CCN2C(=O)N(NS(=O)(=O)NC(=O)OC(C)(C)C)CC2c2ccc(C)c(C)c2)cc1. The van der Waals surface area contributed by atoms with Gasteiger partial charge >= 0.3 is 22.3 Å². The molecule has 1 aliphatic rings. The fourth-order valence-corrected chi connectivity index (χ4v) is 4.59. The van der Waals surface area contributed by atoms with Crippen LogP contribution in [-0.2, 0) is 21.4 Å². The van der Waals surface area contributed by atoms with Crippen LogP contribution in [0.1, 0.15) is 49.1 Å². The first-order chi connectivity index (χ1) is 16.8. The summed E-state index contributed by atoms with van der Waals surface area (Å²) < 4.78 is 37.1. The Kier molecular flexibility index (Phi) is 8.15. The molecule has 1 heterocycles. The molecule has 1 atom stereocenters. The van der Waals surface area contributed by atoms with E-state index in [2.05, 4.69) is 4.83 Å². The third kappa shape index (κ3) is 7.11. The van der Waals surface area contributed by atoms with Gasteiger partial charge in [-0.25, -0.2) is 19.3 Å². The van der Waals surface area contributed by atoms with E-state index in [1.807, 2.05) is 56.3 Å². The summed E-state index contributed by atoms with van der Waals surface area (Å²) in [6.07, 6.45) is -0.572. The average Bonchev–Trinajstić information content (AvgIpc) is 3.07. The average molecular weight is 519 g/mol. The highest BCUT2D eigenvalue weighted by Gasteiger charge is 2.40. The van der Waals surface area contributed by atoms with E-state index in [1.54, 1.807) is 37.5 Å². The second-order valence-corrected chi connectivity index (χ2v) is 11.1. The number of aryl methyl sites for hydroxylation is 2. The molecule has 10 nitrogen and oxygen atoms in total. The Morgan fingerprint density at radius 2 is 1.75 bits per heavy atom. The van der Waals surface area contributed by atoms with Gasteiger partial charge in [-0.1, -0.05) is 30.3 Å². The summed E-state index contributed by atoms with van der Waals surface area (Å²) in [7, 11) is -2.80. The lowest BCUT2D eigenvalue weighted by molar-refractivity contribution is 0.0568. The molecule has 2 N–H and O–H groups in total. The monoisotopic (exact) mass is 518 g/mol. The van der Waals surface area contributed by atoms with Crippen molar-refractivity contribution in [2.75, 3.05) is 20.2 Å². The number of rotatable bonds is 8. The van der Waals surface area contributed by atoms with Crippen LogP contribution in [0.25, 0.3) is 0 Å². The molecule has 0 radical (unpaired) electrons. The first kappa shape index (κ1) is 27.3. The predicted molar refractivity (Wildman–Crippen MR) is 136 cm³/mol. The third-order valence-electron chi connectivity index (χ3n) is 5.77. The summed E-state index contributed by atoms with van der Waals surface area (Å²) in [4.78, 5) is 29.1. The van der Waals surface area contributed by atoms with Crippen molar-refractivity contribution < 1.29 is 27.5 Å². The second kappa shape index (κ2) is 10.8. The molecule has 1 unspecified atom stereocenters. The van der Waals surface area contributed by atoms with E-state index in [-0.39, 0.29) is 12.6 Å². The van der Waals surface area contributed by atoms with Crippen LogP contribution >= 0.6 is 0 Å². The van der Waals surface area contributed by atoms with E-state index < -0.39 is 27.9 Å². The van der Waals surface area contributed by atoms with E-state index in [0.29, 0.717) is 13.0 Å². The molecule has 2 aromatic rings. The summed E-state index contributed by atoms with van der Waals surface area (Å²) in [6, 6.07) is 12.6. The number of amides is 3. The van der Waals surface area contributed by atoms with Crippen LogP contribution in [0.4, 0.5) is 9.59 Å². The van der Waals surface area contributed by atoms with Crippen molar-refractivity contribution in [1.82, 2.24) is 19.5 Å². The van der Waals surface area contributed by atoms with Gasteiger partial charge in [-0.15, -0.1) is 4.83 Å². The molecule has 11 heteroatoms. The van der Waals surface area contributed by atoms with Gasteiger partial charge in [0, 0.05) is 6.54 Å².